The van der Waals surface area contributed by atoms with Gasteiger partial charge in [-0.25, -0.2) is 13.1 Å². The number of nitrogens with zero attached hydrogens (tertiary/aromatic N) is 1. The molecule has 0 radical (unpaired) electrons. The molecular weight excluding hydrogens is 460 g/mol. The van der Waals surface area contributed by atoms with Gasteiger partial charge in [0.2, 0.25) is 0 Å². The highest BCUT2D eigenvalue weighted by Crippen LogP contribution is 2.29. The highest BCUT2D eigenvalue weighted by Gasteiger charge is 2.20. The molecule has 2 aromatic carbocycles. The standard InChI is InChI=1S/C20H17BrN2O5S/c1-27-19-11-14(8-9-18(19)28-13-16-6-2-3-10-22-16)20(24)23-29(25,26)17-7-4-5-15(21)12-17/h2-12H,13H2,1H3,(H,23,24). The fourth-order valence-corrected chi connectivity index (χ4v) is 4.01. The molecule has 0 bridgehead atoms. The SMILES string of the molecule is COc1cc(C(=O)NS(=O)(=O)c2cccc(Br)c2)ccc1OCc1ccccn1. The predicted molar refractivity (Wildman–Crippen MR) is 110 cm³/mol. The molecule has 1 N–H and O–H groups in total. The van der Waals surface area contributed by atoms with E-state index in [0.717, 1.165) is 5.69 Å². The maximum Gasteiger partial charge on any atom is 0.265 e. The van der Waals surface area contributed by atoms with Crippen LogP contribution in [0.4, 0.5) is 0 Å². The van der Waals surface area contributed by atoms with Crippen LogP contribution in [0.2, 0.25) is 0 Å². The molecule has 7 nitrogen and oxygen atoms in total. The molecule has 0 spiro atoms. The van der Waals surface area contributed by atoms with Crippen LogP contribution in [0.1, 0.15) is 16.1 Å². The highest BCUT2D eigenvalue weighted by atomic mass is 79.9. The summed E-state index contributed by atoms with van der Waals surface area (Å²) in [4.78, 5) is 16.6. The van der Waals surface area contributed by atoms with Crippen LogP contribution in [0.25, 0.3) is 0 Å². The Bertz CT molecular complexity index is 1120. The van der Waals surface area contributed by atoms with Crippen LogP contribution in [0.5, 0.6) is 11.5 Å². The Morgan fingerprint density at radius 3 is 2.59 bits per heavy atom. The van der Waals surface area contributed by atoms with Crippen LogP contribution < -0.4 is 14.2 Å². The van der Waals surface area contributed by atoms with Gasteiger partial charge in [-0.05, 0) is 48.5 Å². The van der Waals surface area contributed by atoms with Crippen molar-refractivity contribution >= 4 is 31.9 Å². The molecule has 0 atom stereocenters. The van der Waals surface area contributed by atoms with Crippen molar-refractivity contribution in [2.45, 2.75) is 11.5 Å². The second-order valence-corrected chi connectivity index (χ2v) is 8.47. The van der Waals surface area contributed by atoms with Crippen LogP contribution in [-0.2, 0) is 16.6 Å². The van der Waals surface area contributed by atoms with Crippen LogP contribution in [0, 0.1) is 0 Å². The van der Waals surface area contributed by atoms with Crippen molar-refractivity contribution in [3.05, 3.63) is 82.6 Å². The normalized spacial score (nSPS) is 11.0. The zero-order valence-corrected chi connectivity index (χ0v) is 17.7. The minimum Gasteiger partial charge on any atom is -0.493 e. The highest BCUT2D eigenvalue weighted by molar-refractivity contribution is 9.10. The lowest BCUT2D eigenvalue weighted by Gasteiger charge is -2.12. The summed E-state index contributed by atoms with van der Waals surface area (Å²) in [5, 5.41) is 0. The minimum absolute atomic E-state index is 0.0255. The lowest BCUT2D eigenvalue weighted by molar-refractivity contribution is 0.0981. The molecule has 1 heterocycles. The van der Waals surface area contributed by atoms with Crippen molar-refractivity contribution in [2.75, 3.05) is 7.11 Å². The van der Waals surface area contributed by atoms with Crippen molar-refractivity contribution in [3.63, 3.8) is 0 Å². The Morgan fingerprint density at radius 1 is 1.07 bits per heavy atom. The molecule has 0 aliphatic rings. The predicted octanol–water partition coefficient (Wildman–Crippen LogP) is 3.55. The van der Waals surface area contributed by atoms with Gasteiger partial charge in [-0.2, -0.15) is 0 Å². The first-order valence-electron chi connectivity index (χ1n) is 8.42. The summed E-state index contributed by atoms with van der Waals surface area (Å²) in [7, 11) is -2.58. The van der Waals surface area contributed by atoms with E-state index in [4.69, 9.17) is 9.47 Å². The number of hydrogen-bond acceptors (Lipinski definition) is 6. The number of methoxy groups -OCH3 is 1. The first kappa shape index (κ1) is 20.8. The van der Waals surface area contributed by atoms with E-state index in [1.54, 1.807) is 30.5 Å². The monoisotopic (exact) mass is 476 g/mol. The average molecular weight is 477 g/mol. The van der Waals surface area contributed by atoms with E-state index < -0.39 is 15.9 Å². The Labute approximate surface area is 176 Å². The van der Waals surface area contributed by atoms with Crippen molar-refractivity contribution in [2.24, 2.45) is 0 Å². The number of halogens is 1. The van der Waals surface area contributed by atoms with Crippen molar-refractivity contribution in [3.8, 4) is 11.5 Å². The van der Waals surface area contributed by atoms with Crippen LogP contribution >= 0.6 is 15.9 Å². The second-order valence-electron chi connectivity index (χ2n) is 5.87. The number of ether oxygens (including phenoxy) is 2. The number of rotatable bonds is 7. The Balaban J connectivity index is 1.75. The number of sulfonamides is 1. The summed E-state index contributed by atoms with van der Waals surface area (Å²) in [5.74, 6) is -0.0717. The smallest absolute Gasteiger partial charge is 0.265 e. The minimum atomic E-state index is -4.02. The van der Waals surface area contributed by atoms with Gasteiger partial charge in [-0.15, -0.1) is 0 Å². The van der Waals surface area contributed by atoms with Crippen LogP contribution in [-0.4, -0.2) is 26.4 Å². The molecule has 3 aromatic rings. The number of amides is 1. The number of aromatic nitrogens is 1. The van der Waals surface area contributed by atoms with E-state index in [1.165, 1.54) is 31.4 Å². The first-order valence-corrected chi connectivity index (χ1v) is 10.7. The fourth-order valence-electron chi connectivity index (χ4n) is 2.44. The van der Waals surface area contributed by atoms with Crippen molar-refractivity contribution < 1.29 is 22.7 Å². The molecule has 3 rings (SSSR count). The number of nitrogens with one attached hydrogen (secondary N) is 1. The van der Waals surface area contributed by atoms with Crippen molar-refractivity contribution in [1.82, 2.24) is 9.71 Å². The summed E-state index contributed by atoms with van der Waals surface area (Å²) in [6.45, 7) is 0.222. The fraction of sp³-hybridized carbons (Fsp3) is 0.100. The quantitative estimate of drug-likeness (QED) is 0.560. The maximum absolute atomic E-state index is 12.5. The summed E-state index contributed by atoms with van der Waals surface area (Å²) in [5.41, 5.74) is 0.849. The van der Waals surface area contributed by atoms with Gasteiger partial charge in [-0.3, -0.25) is 9.78 Å². The van der Waals surface area contributed by atoms with E-state index >= 15 is 0 Å². The van der Waals surface area contributed by atoms with Gasteiger partial charge in [0.1, 0.15) is 6.61 Å². The van der Waals surface area contributed by atoms with E-state index in [-0.39, 0.29) is 17.1 Å². The lowest BCUT2D eigenvalue weighted by atomic mass is 10.2. The van der Waals surface area contributed by atoms with E-state index in [0.29, 0.717) is 16.0 Å². The molecule has 0 aliphatic carbocycles. The van der Waals surface area contributed by atoms with Gasteiger partial charge >= 0.3 is 0 Å². The molecular formula is C20H17BrN2O5S. The van der Waals surface area contributed by atoms with E-state index in [2.05, 4.69) is 25.6 Å². The molecule has 9 heteroatoms. The summed E-state index contributed by atoms with van der Waals surface area (Å²) in [6, 6.07) is 16.0. The van der Waals surface area contributed by atoms with Gasteiger partial charge in [0.15, 0.2) is 11.5 Å². The number of carbonyl (C=O) groups is 1. The average Bonchev–Trinajstić information content (AvgIpc) is 2.72. The van der Waals surface area contributed by atoms with Gasteiger partial charge in [0.05, 0.1) is 17.7 Å². The van der Waals surface area contributed by atoms with Gasteiger partial charge < -0.3 is 9.47 Å². The summed E-state index contributed by atoms with van der Waals surface area (Å²) < 4.78 is 38.5. The Hall–Kier alpha value is -2.91. The molecule has 150 valence electrons. The van der Waals surface area contributed by atoms with Gasteiger partial charge in [0, 0.05) is 16.2 Å². The van der Waals surface area contributed by atoms with E-state index in [9.17, 15) is 13.2 Å². The summed E-state index contributed by atoms with van der Waals surface area (Å²) >= 11 is 3.21. The molecule has 0 fully saturated rings. The third-order valence-corrected chi connectivity index (χ3v) is 5.68. The third-order valence-electron chi connectivity index (χ3n) is 3.86. The second kappa shape index (κ2) is 9.06. The maximum atomic E-state index is 12.5. The van der Waals surface area contributed by atoms with Crippen molar-refractivity contribution in [1.29, 1.82) is 0 Å². The number of pyridine rings is 1. The Morgan fingerprint density at radius 2 is 1.90 bits per heavy atom. The number of carbonyl (C=O) groups excluding carboxylic acids is 1. The zero-order chi connectivity index (χ0) is 20.9. The first-order chi connectivity index (χ1) is 13.9. The molecule has 1 amide bonds. The molecule has 29 heavy (non-hydrogen) atoms. The topological polar surface area (TPSA) is 94.6 Å². The van der Waals surface area contributed by atoms with Crippen LogP contribution in [0.15, 0.2) is 76.2 Å². The third kappa shape index (κ3) is 5.33. The largest absolute Gasteiger partial charge is 0.493 e. The number of benzene rings is 2. The molecule has 0 saturated carbocycles. The van der Waals surface area contributed by atoms with Gasteiger partial charge in [0.25, 0.3) is 15.9 Å². The molecule has 1 aromatic heterocycles. The summed E-state index contributed by atoms with van der Waals surface area (Å²) in [6.07, 6.45) is 1.66. The molecule has 0 aliphatic heterocycles. The van der Waals surface area contributed by atoms with Crippen LogP contribution in [0.3, 0.4) is 0 Å². The van der Waals surface area contributed by atoms with E-state index in [1.807, 2.05) is 12.1 Å². The van der Waals surface area contributed by atoms with Gasteiger partial charge in [-0.1, -0.05) is 28.1 Å². The lowest BCUT2D eigenvalue weighted by Crippen LogP contribution is -2.30. The zero-order valence-electron chi connectivity index (χ0n) is 15.3. The number of hydrogen-bond donors (Lipinski definition) is 1. The molecule has 0 saturated heterocycles. The molecule has 0 unspecified atom stereocenters. The Kier molecular flexibility index (Phi) is 6.50.